The van der Waals surface area contributed by atoms with Crippen molar-refractivity contribution in [3.63, 3.8) is 0 Å². The molecule has 3 N–H and O–H groups in total. The molecule has 2 rings (SSSR count). The minimum Gasteiger partial charge on any atom is -0.348 e. The highest BCUT2D eigenvalue weighted by molar-refractivity contribution is 7.10. The quantitative estimate of drug-likeness (QED) is 0.855. The first-order valence-corrected chi connectivity index (χ1v) is 8.15. The highest BCUT2D eigenvalue weighted by Crippen LogP contribution is 2.24. The van der Waals surface area contributed by atoms with Crippen LogP contribution in [0, 0.1) is 5.92 Å². The molecule has 0 aliphatic heterocycles. The standard InChI is InChI=1S/C17H22N2OS/c1-3-14(15-10-7-11-21-15)19-17(20)12(2)16(18)13-8-5-4-6-9-13/h4-12,14,16H,3,18H2,1-2H3,(H,19,20). The molecule has 1 amide bonds. The van der Waals surface area contributed by atoms with Gasteiger partial charge in [-0.1, -0.05) is 50.2 Å². The molecule has 2 aromatic rings. The van der Waals surface area contributed by atoms with E-state index in [-0.39, 0.29) is 23.9 Å². The van der Waals surface area contributed by atoms with Crippen LogP contribution in [0.3, 0.4) is 0 Å². The molecule has 0 radical (unpaired) electrons. The van der Waals surface area contributed by atoms with Crippen LogP contribution in [-0.4, -0.2) is 5.91 Å². The van der Waals surface area contributed by atoms with E-state index < -0.39 is 0 Å². The number of hydrogen-bond acceptors (Lipinski definition) is 3. The Labute approximate surface area is 130 Å². The van der Waals surface area contributed by atoms with Crippen molar-refractivity contribution >= 4 is 17.2 Å². The monoisotopic (exact) mass is 302 g/mol. The van der Waals surface area contributed by atoms with Crippen molar-refractivity contribution < 1.29 is 4.79 Å². The van der Waals surface area contributed by atoms with E-state index >= 15 is 0 Å². The third-order valence-corrected chi connectivity index (χ3v) is 4.73. The van der Waals surface area contributed by atoms with Gasteiger partial charge in [-0.15, -0.1) is 11.3 Å². The maximum absolute atomic E-state index is 12.4. The predicted molar refractivity (Wildman–Crippen MR) is 88.0 cm³/mol. The first-order valence-electron chi connectivity index (χ1n) is 7.27. The number of carbonyl (C=O) groups is 1. The van der Waals surface area contributed by atoms with Crippen LogP contribution in [0.15, 0.2) is 47.8 Å². The van der Waals surface area contributed by atoms with Crippen molar-refractivity contribution in [2.24, 2.45) is 11.7 Å². The molecule has 1 aromatic heterocycles. The summed E-state index contributed by atoms with van der Waals surface area (Å²) in [5.74, 6) is -0.256. The number of nitrogens with one attached hydrogen (secondary N) is 1. The molecule has 1 aromatic carbocycles. The number of carbonyl (C=O) groups excluding carboxylic acids is 1. The molecule has 0 saturated heterocycles. The van der Waals surface area contributed by atoms with Crippen molar-refractivity contribution in [3.8, 4) is 0 Å². The van der Waals surface area contributed by atoms with Crippen LogP contribution < -0.4 is 11.1 Å². The lowest BCUT2D eigenvalue weighted by Crippen LogP contribution is -2.37. The van der Waals surface area contributed by atoms with Gasteiger partial charge in [-0.25, -0.2) is 0 Å². The van der Waals surface area contributed by atoms with Crippen LogP contribution in [0.2, 0.25) is 0 Å². The van der Waals surface area contributed by atoms with Gasteiger partial charge in [0, 0.05) is 10.9 Å². The average molecular weight is 302 g/mol. The molecule has 0 bridgehead atoms. The van der Waals surface area contributed by atoms with Crippen LogP contribution >= 0.6 is 11.3 Å². The zero-order chi connectivity index (χ0) is 15.2. The average Bonchev–Trinajstić information content (AvgIpc) is 3.06. The summed E-state index contributed by atoms with van der Waals surface area (Å²) in [4.78, 5) is 13.6. The van der Waals surface area contributed by atoms with Crippen LogP contribution in [0.5, 0.6) is 0 Å². The van der Waals surface area contributed by atoms with E-state index in [1.807, 2.05) is 48.7 Å². The first kappa shape index (κ1) is 15.7. The first-order chi connectivity index (χ1) is 10.1. The molecule has 0 fully saturated rings. The Bertz CT molecular complexity index is 553. The number of amides is 1. The second kappa shape index (κ2) is 7.38. The van der Waals surface area contributed by atoms with E-state index in [1.165, 1.54) is 4.88 Å². The molecule has 4 heteroatoms. The number of nitrogens with two attached hydrogens (primary N) is 1. The van der Waals surface area contributed by atoms with Gasteiger partial charge in [-0.3, -0.25) is 4.79 Å². The highest BCUT2D eigenvalue weighted by Gasteiger charge is 2.24. The van der Waals surface area contributed by atoms with Crippen molar-refractivity contribution in [2.45, 2.75) is 32.4 Å². The molecule has 0 aliphatic rings. The number of benzene rings is 1. The van der Waals surface area contributed by atoms with Crippen molar-refractivity contribution in [3.05, 3.63) is 58.3 Å². The summed E-state index contributed by atoms with van der Waals surface area (Å²) >= 11 is 1.67. The molecule has 1 heterocycles. The van der Waals surface area contributed by atoms with Crippen LogP contribution in [0.4, 0.5) is 0 Å². The topological polar surface area (TPSA) is 55.1 Å². The van der Waals surface area contributed by atoms with Gasteiger partial charge in [0.15, 0.2) is 0 Å². The minimum atomic E-state index is -0.285. The zero-order valence-electron chi connectivity index (χ0n) is 12.5. The predicted octanol–water partition coefficient (Wildman–Crippen LogP) is 3.65. The van der Waals surface area contributed by atoms with E-state index in [4.69, 9.17) is 5.73 Å². The fourth-order valence-electron chi connectivity index (χ4n) is 2.29. The SMILES string of the molecule is CCC(NC(=O)C(C)C(N)c1ccccc1)c1cccs1. The summed E-state index contributed by atoms with van der Waals surface area (Å²) in [5.41, 5.74) is 7.21. The second-order valence-electron chi connectivity index (χ2n) is 5.21. The maximum Gasteiger partial charge on any atom is 0.225 e. The third kappa shape index (κ3) is 3.93. The fraction of sp³-hybridized carbons (Fsp3) is 0.353. The normalized spacial score (nSPS) is 15.2. The fourth-order valence-corrected chi connectivity index (χ4v) is 3.16. The summed E-state index contributed by atoms with van der Waals surface area (Å²) in [5, 5.41) is 5.14. The van der Waals surface area contributed by atoms with Crippen LogP contribution in [-0.2, 0) is 4.79 Å². The smallest absolute Gasteiger partial charge is 0.225 e. The third-order valence-electron chi connectivity index (χ3n) is 3.75. The summed E-state index contributed by atoms with van der Waals surface area (Å²) < 4.78 is 0. The lowest BCUT2D eigenvalue weighted by atomic mass is 9.94. The summed E-state index contributed by atoms with van der Waals surface area (Å²) in [7, 11) is 0. The van der Waals surface area contributed by atoms with Gasteiger partial charge in [-0.2, -0.15) is 0 Å². The minimum absolute atomic E-state index is 0.00611. The highest BCUT2D eigenvalue weighted by atomic mass is 32.1. The second-order valence-corrected chi connectivity index (χ2v) is 6.19. The number of rotatable bonds is 6. The van der Waals surface area contributed by atoms with Gasteiger partial charge in [0.25, 0.3) is 0 Å². The van der Waals surface area contributed by atoms with Crippen molar-refractivity contribution in [1.29, 1.82) is 0 Å². The van der Waals surface area contributed by atoms with Gasteiger partial charge in [0.2, 0.25) is 5.91 Å². The Morgan fingerprint density at radius 1 is 1.24 bits per heavy atom. The van der Waals surface area contributed by atoms with Gasteiger partial charge in [0.05, 0.1) is 12.0 Å². The molecular weight excluding hydrogens is 280 g/mol. The molecule has 0 saturated carbocycles. The molecule has 0 spiro atoms. The maximum atomic E-state index is 12.4. The molecule has 112 valence electrons. The van der Waals surface area contributed by atoms with E-state index in [2.05, 4.69) is 18.3 Å². The van der Waals surface area contributed by atoms with E-state index in [1.54, 1.807) is 11.3 Å². The summed E-state index contributed by atoms with van der Waals surface area (Å²) in [6, 6.07) is 13.6. The number of hydrogen-bond donors (Lipinski definition) is 2. The van der Waals surface area contributed by atoms with Crippen LogP contribution in [0.25, 0.3) is 0 Å². The Hall–Kier alpha value is -1.65. The Morgan fingerprint density at radius 2 is 1.95 bits per heavy atom. The Kier molecular flexibility index (Phi) is 5.53. The summed E-state index contributed by atoms with van der Waals surface area (Å²) in [6.45, 7) is 3.96. The molecule has 21 heavy (non-hydrogen) atoms. The molecule has 3 atom stereocenters. The van der Waals surface area contributed by atoms with E-state index in [0.717, 1.165) is 12.0 Å². The lowest BCUT2D eigenvalue weighted by molar-refractivity contribution is -0.125. The molecule has 3 nitrogen and oxygen atoms in total. The lowest BCUT2D eigenvalue weighted by Gasteiger charge is -2.23. The molecule has 0 aliphatic carbocycles. The van der Waals surface area contributed by atoms with Crippen molar-refractivity contribution in [1.82, 2.24) is 5.32 Å². The zero-order valence-corrected chi connectivity index (χ0v) is 13.3. The largest absolute Gasteiger partial charge is 0.348 e. The number of thiophene rings is 1. The van der Waals surface area contributed by atoms with Crippen LogP contribution in [0.1, 0.15) is 42.8 Å². The Morgan fingerprint density at radius 3 is 2.52 bits per heavy atom. The van der Waals surface area contributed by atoms with Gasteiger partial charge in [0.1, 0.15) is 0 Å². The van der Waals surface area contributed by atoms with Gasteiger partial charge < -0.3 is 11.1 Å². The molecule has 3 unspecified atom stereocenters. The van der Waals surface area contributed by atoms with E-state index in [9.17, 15) is 4.79 Å². The van der Waals surface area contributed by atoms with Gasteiger partial charge >= 0.3 is 0 Å². The summed E-state index contributed by atoms with van der Waals surface area (Å²) in [6.07, 6.45) is 0.875. The molecular formula is C17H22N2OS. The Balaban J connectivity index is 2.02. The van der Waals surface area contributed by atoms with E-state index in [0.29, 0.717) is 0 Å². The van der Waals surface area contributed by atoms with Crippen molar-refractivity contribution in [2.75, 3.05) is 0 Å². The van der Waals surface area contributed by atoms with Gasteiger partial charge in [-0.05, 0) is 23.4 Å².